The second-order valence-electron chi connectivity index (χ2n) is 8.31. The summed E-state index contributed by atoms with van der Waals surface area (Å²) in [6, 6.07) is 7.98. The molecule has 1 N–H and O–H groups in total. The van der Waals surface area contributed by atoms with Gasteiger partial charge in [-0.3, -0.25) is 9.59 Å². The van der Waals surface area contributed by atoms with Gasteiger partial charge in [-0.1, -0.05) is 31.4 Å². The van der Waals surface area contributed by atoms with Gasteiger partial charge in [0, 0.05) is 19.0 Å². The summed E-state index contributed by atoms with van der Waals surface area (Å²) in [6.45, 7) is 2.75. The number of para-hydroxylation sites is 2. The normalized spacial score (nSPS) is 23.8. The molecule has 1 unspecified atom stereocenters. The second kappa shape index (κ2) is 6.98. The van der Waals surface area contributed by atoms with Crippen molar-refractivity contribution in [2.75, 3.05) is 13.1 Å². The van der Waals surface area contributed by atoms with Gasteiger partial charge >= 0.3 is 5.97 Å². The molecule has 1 saturated heterocycles. The van der Waals surface area contributed by atoms with Gasteiger partial charge in [-0.15, -0.1) is 0 Å². The van der Waals surface area contributed by atoms with Crippen LogP contribution < -0.4 is 0 Å². The van der Waals surface area contributed by atoms with Crippen LogP contribution in [0, 0.1) is 5.41 Å². The highest BCUT2D eigenvalue weighted by molar-refractivity contribution is 5.83. The molecule has 1 aliphatic heterocycles. The molecule has 1 atom stereocenters. The molecular weight excluding hydrogens is 342 g/mol. The highest BCUT2D eigenvalue weighted by Gasteiger charge is 2.42. The minimum Gasteiger partial charge on any atom is -0.481 e. The Morgan fingerprint density at radius 2 is 1.96 bits per heavy atom. The number of carboxylic acid groups (broad SMARTS) is 1. The number of carbonyl (C=O) groups is 2. The first-order chi connectivity index (χ1) is 13.0. The standard InChI is InChI=1S/C21H27N3O3/c1-21(20(26)27)11-12-23(14-21)18(25)13-24-17-10-6-5-9-16(17)22-19(24)15-7-3-2-4-8-15/h5-6,9-10,15H,2-4,7-8,11-14H2,1H3,(H,26,27). The molecule has 0 radical (unpaired) electrons. The molecule has 27 heavy (non-hydrogen) atoms. The quantitative estimate of drug-likeness (QED) is 0.896. The lowest BCUT2D eigenvalue weighted by molar-refractivity contribution is -0.147. The predicted molar refractivity (Wildman–Crippen MR) is 102 cm³/mol. The van der Waals surface area contributed by atoms with Crippen LogP contribution in [-0.2, 0) is 16.1 Å². The van der Waals surface area contributed by atoms with Crippen LogP contribution in [0.5, 0.6) is 0 Å². The van der Waals surface area contributed by atoms with Crippen LogP contribution in [0.25, 0.3) is 11.0 Å². The second-order valence-corrected chi connectivity index (χ2v) is 8.31. The Morgan fingerprint density at radius 1 is 1.22 bits per heavy atom. The summed E-state index contributed by atoms with van der Waals surface area (Å²) in [5, 5.41) is 9.43. The van der Waals surface area contributed by atoms with Gasteiger partial charge in [0.05, 0.1) is 16.4 Å². The number of nitrogens with zero attached hydrogens (tertiary/aromatic N) is 3. The molecule has 6 nitrogen and oxygen atoms in total. The van der Waals surface area contributed by atoms with Gasteiger partial charge in [0.25, 0.3) is 0 Å². The molecular formula is C21H27N3O3. The number of carbonyl (C=O) groups excluding carboxylic acids is 1. The lowest BCUT2D eigenvalue weighted by Crippen LogP contribution is -2.36. The minimum absolute atomic E-state index is 0.0137. The molecule has 2 heterocycles. The van der Waals surface area contributed by atoms with Crippen molar-refractivity contribution in [3.05, 3.63) is 30.1 Å². The summed E-state index contributed by atoms with van der Waals surface area (Å²) >= 11 is 0. The fourth-order valence-electron chi connectivity index (χ4n) is 4.52. The minimum atomic E-state index is -0.834. The molecule has 1 aromatic carbocycles. The third kappa shape index (κ3) is 3.33. The van der Waals surface area contributed by atoms with Crippen molar-refractivity contribution in [1.29, 1.82) is 0 Å². The fourth-order valence-corrected chi connectivity index (χ4v) is 4.52. The molecule has 4 rings (SSSR count). The topological polar surface area (TPSA) is 75.4 Å². The Hall–Kier alpha value is -2.37. The number of carboxylic acids is 1. The molecule has 2 aromatic rings. The number of hydrogen-bond donors (Lipinski definition) is 1. The number of likely N-dealkylation sites (tertiary alicyclic amines) is 1. The molecule has 6 heteroatoms. The van der Waals surface area contributed by atoms with Crippen molar-refractivity contribution in [3.63, 3.8) is 0 Å². The predicted octanol–water partition coefficient (Wildman–Crippen LogP) is 3.41. The highest BCUT2D eigenvalue weighted by Crippen LogP contribution is 2.35. The average molecular weight is 369 g/mol. The Balaban J connectivity index is 1.61. The molecule has 1 saturated carbocycles. The lowest BCUT2D eigenvalue weighted by atomic mass is 9.88. The third-order valence-corrected chi connectivity index (χ3v) is 6.29. The number of amides is 1. The zero-order valence-corrected chi connectivity index (χ0v) is 15.9. The third-order valence-electron chi connectivity index (χ3n) is 6.29. The first-order valence-electron chi connectivity index (χ1n) is 9.94. The summed E-state index contributed by atoms with van der Waals surface area (Å²) in [5.41, 5.74) is 1.09. The van der Waals surface area contributed by atoms with E-state index in [1.807, 2.05) is 24.3 Å². The summed E-state index contributed by atoms with van der Waals surface area (Å²) < 4.78 is 2.07. The number of imidazole rings is 1. The molecule has 0 bridgehead atoms. The first-order valence-corrected chi connectivity index (χ1v) is 9.94. The zero-order chi connectivity index (χ0) is 19.0. The molecule has 0 spiro atoms. The van der Waals surface area contributed by atoms with Gasteiger partial charge in [0.2, 0.25) is 5.91 Å². The van der Waals surface area contributed by atoms with E-state index in [0.717, 1.165) is 29.7 Å². The smallest absolute Gasteiger partial charge is 0.311 e. The molecule has 144 valence electrons. The Bertz CT molecular complexity index is 869. The van der Waals surface area contributed by atoms with Crippen LogP contribution in [0.15, 0.2) is 24.3 Å². The maximum Gasteiger partial charge on any atom is 0.311 e. The first kappa shape index (κ1) is 18.0. The summed E-state index contributed by atoms with van der Waals surface area (Å²) in [5.74, 6) is 0.584. The van der Waals surface area contributed by atoms with Crippen molar-refractivity contribution in [2.45, 2.75) is 57.9 Å². The molecule has 2 fully saturated rings. The van der Waals surface area contributed by atoms with Crippen molar-refractivity contribution in [3.8, 4) is 0 Å². The van der Waals surface area contributed by atoms with E-state index in [9.17, 15) is 14.7 Å². The van der Waals surface area contributed by atoms with E-state index in [0.29, 0.717) is 18.9 Å². The van der Waals surface area contributed by atoms with Crippen LogP contribution in [0.2, 0.25) is 0 Å². The van der Waals surface area contributed by atoms with Gasteiger partial charge in [-0.05, 0) is 38.3 Å². The SMILES string of the molecule is CC1(C(=O)O)CCN(C(=O)Cn2c(C3CCCCC3)nc3ccccc32)C1. The van der Waals surface area contributed by atoms with Crippen LogP contribution in [0.1, 0.15) is 57.2 Å². The number of rotatable bonds is 4. The molecule has 1 aliphatic carbocycles. The highest BCUT2D eigenvalue weighted by atomic mass is 16.4. The zero-order valence-electron chi connectivity index (χ0n) is 15.9. The van der Waals surface area contributed by atoms with Gasteiger partial charge in [-0.25, -0.2) is 4.98 Å². The Kier molecular flexibility index (Phi) is 4.66. The maximum absolute atomic E-state index is 13.0. The van der Waals surface area contributed by atoms with E-state index in [-0.39, 0.29) is 19.0 Å². The number of fused-ring (bicyclic) bond motifs is 1. The van der Waals surface area contributed by atoms with Gasteiger partial charge < -0.3 is 14.6 Å². The van der Waals surface area contributed by atoms with E-state index in [4.69, 9.17) is 4.98 Å². The van der Waals surface area contributed by atoms with Gasteiger partial charge in [-0.2, -0.15) is 0 Å². The van der Waals surface area contributed by atoms with E-state index >= 15 is 0 Å². The average Bonchev–Trinajstić information content (AvgIpc) is 3.25. The van der Waals surface area contributed by atoms with Crippen molar-refractivity contribution in [1.82, 2.24) is 14.5 Å². The molecule has 2 aliphatic rings. The number of aromatic nitrogens is 2. The Morgan fingerprint density at radius 3 is 2.67 bits per heavy atom. The number of aliphatic carboxylic acids is 1. The van der Waals surface area contributed by atoms with Crippen LogP contribution in [0.3, 0.4) is 0 Å². The van der Waals surface area contributed by atoms with Crippen molar-refractivity contribution in [2.24, 2.45) is 5.41 Å². The van der Waals surface area contributed by atoms with Crippen LogP contribution in [0.4, 0.5) is 0 Å². The summed E-state index contributed by atoms with van der Waals surface area (Å²) in [7, 11) is 0. The van der Waals surface area contributed by atoms with Crippen LogP contribution in [-0.4, -0.2) is 44.5 Å². The van der Waals surface area contributed by atoms with Gasteiger partial charge in [0.1, 0.15) is 12.4 Å². The van der Waals surface area contributed by atoms with E-state index in [1.54, 1.807) is 11.8 Å². The van der Waals surface area contributed by atoms with Crippen LogP contribution >= 0.6 is 0 Å². The lowest BCUT2D eigenvalue weighted by Gasteiger charge is -2.24. The largest absolute Gasteiger partial charge is 0.481 e. The Labute approximate surface area is 159 Å². The molecule has 1 amide bonds. The fraction of sp³-hybridized carbons (Fsp3) is 0.571. The van der Waals surface area contributed by atoms with Crippen molar-refractivity contribution >= 4 is 22.9 Å². The van der Waals surface area contributed by atoms with E-state index in [2.05, 4.69) is 4.57 Å². The van der Waals surface area contributed by atoms with Gasteiger partial charge in [0.15, 0.2) is 0 Å². The summed E-state index contributed by atoms with van der Waals surface area (Å²) in [6.07, 6.45) is 6.46. The summed E-state index contributed by atoms with van der Waals surface area (Å²) in [4.78, 5) is 31.0. The van der Waals surface area contributed by atoms with E-state index in [1.165, 1.54) is 19.3 Å². The number of benzene rings is 1. The number of hydrogen-bond acceptors (Lipinski definition) is 3. The molecule has 1 aromatic heterocycles. The van der Waals surface area contributed by atoms with E-state index < -0.39 is 11.4 Å². The maximum atomic E-state index is 13.0. The van der Waals surface area contributed by atoms with Crippen molar-refractivity contribution < 1.29 is 14.7 Å². The monoisotopic (exact) mass is 369 g/mol.